The van der Waals surface area contributed by atoms with E-state index in [1.54, 1.807) is 6.20 Å². The monoisotopic (exact) mass is 267 g/mol. The molecule has 1 rings (SSSR count). The lowest BCUT2D eigenvalue weighted by Gasteiger charge is -2.05. The van der Waals surface area contributed by atoms with Crippen LogP contribution in [0.15, 0.2) is 12.4 Å². The molecule has 110 valence electrons. The molecule has 0 bridgehead atoms. The third-order valence-corrected chi connectivity index (χ3v) is 3.05. The van der Waals surface area contributed by atoms with Gasteiger partial charge < -0.3 is 10.1 Å². The van der Waals surface area contributed by atoms with Crippen molar-refractivity contribution in [3.63, 3.8) is 0 Å². The highest BCUT2D eigenvalue weighted by atomic mass is 16.5. The van der Waals surface area contributed by atoms with Crippen molar-refractivity contribution in [1.29, 1.82) is 0 Å². The Morgan fingerprint density at radius 2 is 2.00 bits per heavy atom. The van der Waals surface area contributed by atoms with Crippen LogP contribution in [0.4, 0.5) is 0 Å². The smallest absolute Gasteiger partial charge is 0.157 e. The van der Waals surface area contributed by atoms with Crippen molar-refractivity contribution in [3.8, 4) is 5.75 Å². The van der Waals surface area contributed by atoms with Gasteiger partial charge in [-0.25, -0.2) is 0 Å². The number of ether oxygens (including phenoxy) is 1. The summed E-state index contributed by atoms with van der Waals surface area (Å²) in [5.74, 6) is 0.887. The van der Waals surface area contributed by atoms with Crippen molar-refractivity contribution in [3.05, 3.63) is 12.4 Å². The van der Waals surface area contributed by atoms with E-state index >= 15 is 0 Å². The first-order valence-electron chi connectivity index (χ1n) is 7.61. The van der Waals surface area contributed by atoms with Gasteiger partial charge in [-0.3, -0.25) is 4.68 Å². The van der Waals surface area contributed by atoms with Crippen LogP contribution in [0.5, 0.6) is 5.75 Å². The molecule has 19 heavy (non-hydrogen) atoms. The molecule has 0 aliphatic rings. The molecule has 0 saturated heterocycles. The van der Waals surface area contributed by atoms with Crippen LogP contribution in [-0.4, -0.2) is 29.5 Å². The second kappa shape index (κ2) is 9.84. The zero-order valence-corrected chi connectivity index (χ0v) is 12.7. The van der Waals surface area contributed by atoms with Crippen LogP contribution in [0, 0.1) is 0 Å². The molecular formula is C15H29N3O. The number of nitrogens with zero attached hydrogens (tertiary/aromatic N) is 2. The fourth-order valence-corrected chi connectivity index (χ4v) is 1.87. The molecule has 0 aliphatic heterocycles. The second-order valence-electron chi connectivity index (χ2n) is 5.26. The summed E-state index contributed by atoms with van der Waals surface area (Å²) in [6.45, 7) is 9.52. The third kappa shape index (κ3) is 7.21. The molecule has 0 amide bonds. The van der Waals surface area contributed by atoms with Crippen molar-refractivity contribution in [2.24, 2.45) is 0 Å². The second-order valence-corrected chi connectivity index (χ2v) is 5.26. The maximum atomic E-state index is 5.68. The van der Waals surface area contributed by atoms with Crippen LogP contribution in [0.2, 0.25) is 0 Å². The van der Waals surface area contributed by atoms with Crippen molar-refractivity contribution >= 4 is 0 Å². The van der Waals surface area contributed by atoms with Crippen LogP contribution < -0.4 is 10.1 Å². The lowest BCUT2D eigenvalue weighted by molar-refractivity contribution is 0.304. The Bertz CT molecular complexity index is 323. The first-order valence-corrected chi connectivity index (χ1v) is 7.61. The van der Waals surface area contributed by atoms with Crippen molar-refractivity contribution in [1.82, 2.24) is 15.1 Å². The van der Waals surface area contributed by atoms with Crippen LogP contribution in [-0.2, 0) is 0 Å². The van der Waals surface area contributed by atoms with Gasteiger partial charge in [0.05, 0.1) is 19.0 Å². The predicted molar refractivity (Wildman–Crippen MR) is 79.7 cm³/mol. The standard InChI is InChI=1S/C15H29N3O/c1-4-9-16-10-7-5-6-8-11-19-15-12-17-18(13-15)14(2)3/h12-14,16H,4-11H2,1-3H3. The molecule has 1 N–H and O–H groups in total. The molecule has 0 radical (unpaired) electrons. The average molecular weight is 267 g/mol. The minimum Gasteiger partial charge on any atom is -0.490 e. The highest BCUT2D eigenvalue weighted by Gasteiger charge is 2.01. The Balaban J connectivity index is 1.95. The van der Waals surface area contributed by atoms with Crippen molar-refractivity contribution in [2.75, 3.05) is 19.7 Å². The Morgan fingerprint density at radius 1 is 1.21 bits per heavy atom. The Kier molecular flexibility index (Phi) is 8.30. The molecule has 0 saturated carbocycles. The van der Waals surface area contributed by atoms with E-state index in [1.807, 2.05) is 10.9 Å². The number of rotatable bonds is 11. The number of aromatic nitrogens is 2. The first-order chi connectivity index (χ1) is 9.24. The normalized spacial score (nSPS) is 11.2. The lowest BCUT2D eigenvalue weighted by atomic mass is 10.2. The van der Waals surface area contributed by atoms with Gasteiger partial charge in [0.2, 0.25) is 0 Å². The van der Waals surface area contributed by atoms with Crippen molar-refractivity contribution in [2.45, 2.75) is 58.9 Å². The SMILES string of the molecule is CCCNCCCCCCOc1cnn(C(C)C)c1. The maximum Gasteiger partial charge on any atom is 0.157 e. The van der Waals surface area contributed by atoms with E-state index in [2.05, 4.69) is 31.2 Å². The summed E-state index contributed by atoms with van der Waals surface area (Å²) in [5.41, 5.74) is 0. The molecule has 0 unspecified atom stereocenters. The third-order valence-electron chi connectivity index (χ3n) is 3.05. The molecule has 0 fully saturated rings. The average Bonchev–Trinajstić information content (AvgIpc) is 2.86. The van der Waals surface area contributed by atoms with Crippen LogP contribution in [0.25, 0.3) is 0 Å². The summed E-state index contributed by atoms with van der Waals surface area (Å²) in [7, 11) is 0. The van der Waals surface area contributed by atoms with E-state index in [1.165, 1.54) is 25.7 Å². The Hall–Kier alpha value is -1.03. The van der Waals surface area contributed by atoms with Gasteiger partial charge in [-0.05, 0) is 46.2 Å². The minimum atomic E-state index is 0.396. The van der Waals surface area contributed by atoms with Gasteiger partial charge in [0, 0.05) is 6.04 Å². The number of hydrogen-bond donors (Lipinski definition) is 1. The minimum absolute atomic E-state index is 0.396. The van der Waals surface area contributed by atoms with E-state index in [4.69, 9.17) is 4.74 Å². The maximum absolute atomic E-state index is 5.68. The molecule has 0 aliphatic carbocycles. The van der Waals surface area contributed by atoms with Gasteiger partial charge in [0.15, 0.2) is 5.75 Å². The molecule has 1 heterocycles. The van der Waals surface area contributed by atoms with Gasteiger partial charge in [-0.2, -0.15) is 5.10 Å². The zero-order chi connectivity index (χ0) is 13.9. The quantitative estimate of drug-likeness (QED) is 0.625. The number of hydrogen-bond acceptors (Lipinski definition) is 3. The Morgan fingerprint density at radius 3 is 2.68 bits per heavy atom. The summed E-state index contributed by atoms with van der Waals surface area (Å²) in [6, 6.07) is 0.396. The van der Waals surface area contributed by atoms with E-state index in [0.717, 1.165) is 31.9 Å². The van der Waals surface area contributed by atoms with E-state index in [-0.39, 0.29) is 0 Å². The van der Waals surface area contributed by atoms with Gasteiger partial charge in [0.25, 0.3) is 0 Å². The van der Waals surface area contributed by atoms with Gasteiger partial charge >= 0.3 is 0 Å². The molecular weight excluding hydrogens is 238 g/mol. The summed E-state index contributed by atoms with van der Waals surface area (Å²) in [5, 5.41) is 7.68. The highest BCUT2D eigenvalue weighted by Crippen LogP contribution is 2.13. The molecule has 4 nitrogen and oxygen atoms in total. The Labute approximate surface area is 117 Å². The number of unbranched alkanes of at least 4 members (excludes halogenated alkanes) is 3. The number of nitrogens with one attached hydrogen (secondary N) is 1. The summed E-state index contributed by atoms with van der Waals surface area (Å²) in [4.78, 5) is 0. The molecule has 0 aromatic carbocycles. The van der Waals surface area contributed by atoms with Gasteiger partial charge in [0.1, 0.15) is 0 Å². The summed E-state index contributed by atoms with van der Waals surface area (Å²) in [6.07, 6.45) is 9.91. The fraction of sp³-hybridized carbons (Fsp3) is 0.800. The van der Waals surface area contributed by atoms with Crippen LogP contribution in [0.3, 0.4) is 0 Å². The summed E-state index contributed by atoms with van der Waals surface area (Å²) < 4.78 is 7.61. The zero-order valence-electron chi connectivity index (χ0n) is 12.7. The highest BCUT2D eigenvalue weighted by molar-refractivity contribution is 5.11. The molecule has 4 heteroatoms. The van der Waals surface area contributed by atoms with Crippen molar-refractivity contribution < 1.29 is 4.74 Å². The van der Waals surface area contributed by atoms with E-state index < -0.39 is 0 Å². The van der Waals surface area contributed by atoms with Gasteiger partial charge in [-0.15, -0.1) is 0 Å². The fourth-order valence-electron chi connectivity index (χ4n) is 1.87. The molecule has 1 aromatic heterocycles. The van der Waals surface area contributed by atoms with E-state index in [0.29, 0.717) is 6.04 Å². The van der Waals surface area contributed by atoms with Crippen LogP contribution in [0.1, 0.15) is 58.9 Å². The molecule has 0 atom stereocenters. The topological polar surface area (TPSA) is 39.1 Å². The lowest BCUT2D eigenvalue weighted by Crippen LogP contribution is -2.15. The first kappa shape index (κ1) is 16.0. The predicted octanol–water partition coefficient (Wildman–Crippen LogP) is 3.40. The summed E-state index contributed by atoms with van der Waals surface area (Å²) >= 11 is 0. The van der Waals surface area contributed by atoms with Gasteiger partial charge in [-0.1, -0.05) is 19.8 Å². The van der Waals surface area contributed by atoms with Crippen LogP contribution >= 0.6 is 0 Å². The molecule has 1 aromatic rings. The van der Waals surface area contributed by atoms with E-state index in [9.17, 15) is 0 Å². The molecule has 0 spiro atoms. The largest absolute Gasteiger partial charge is 0.490 e.